The summed E-state index contributed by atoms with van der Waals surface area (Å²) in [6, 6.07) is 10.1. The van der Waals surface area contributed by atoms with Gasteiger partial charge in [0.1, 0.15) is 11.8 Å². The highest BCUT2D eigenvalue weighted by molar-refractivity contribution is 7.92. The summed E-state index contributed by atoms with van der Waals surface area (Å²) in [5.41, 5.74) is 0.665. The molecule has 0 aliphatic rings. The van der Waals surface area contributed by atoms with E-state index in [9.17, 15) is 13.2 Å². The highest BCUT2D eigenvalue weighted by Gasteiger charge is 2.32. The molecule has 2 aromatic rings. The van der Waals surface area contributed by atoms with E-state index in [0.29, 0.717) is 27.2 Å². The molecular formula is C18H20Cl2N2O4S. The number of hydrogen-bond acceptors (Lipinski definition) is 4. The Hall–Kier alpha value is -1.96. The number of rotatable bonds is 7. The normalized spacial score (nSPS) is 12.3. The van der Waals surface area contributed by atoms with Crippen LogP contribution in [0.15, 0.2) is 42.5 Å². The Kier molecular flexibility index (Phi) is 6.97. The van der Waals surface area contributed by atoms with Gasteiger partial charge in [0.15, 0.2) is 0 Å². The number of halogens is 2. The molecule has 27 heavy (non-hydrogen) atoms. The lowest BCUT2D eigenvalue weighted by Gasteiger charge is -2.30. The molecule has 0 spiro atoms. The van der Waals surface area contributed by atoms with Gasteiger partial charge in [-0.05, 0) is 42.8 Å². The molecule has 0 fully saturated rings. The largest absolute Gasteiger partial charge is 0.495 e. The number of anilines is 2. The zero-order valence-corrected chi connectivity index (χ0v) is 17.4. The molecule has 0 saturated carbocycles. The zero-order valence-electron chi connectivity index (χ0n) is 15.1. The van der Waals surface area contributed by atoms with Crippen molar-refractivity contribution in [2.24, 2.45) is 0 Å². The number of carbonyl (C=O) groups is 1. The first kappa shape index (κ1) is 21.3. The number of hydrogen-bond donors (Lipinski definition) is 1. The van der Waals surface area contributed by atoms with Gasteiger partial charge < -0.3 is 10.1 Å². The van der Waals surface area contributed by atoms with Crippen LogP contribution >= 0.6 is 23.2 Å². The van der Waals surface area contributed by atoms with Gasteiger partial charge in [-0.2, -0.15) is 0 Å². The van der Waals surface area contributed by atoms with Crippen LogP contribution in [0.25, 0.3) is 0 Å². The van der Waals surface area contributed by atoms with Crippen LogP contribution in [0.2, 0.25) is 10.0 Å². The molecule has 0 bridgehead atoms. The summed E-state index contributed by atoms with van der Waals surface area (Å²) in [4.78, 5) is 12.9. The fraction of sp³-hybridized carbons (Fsp3) is 0.278. The minimum atomic E-state index is -3.75. The lowest BCUT2D eigenvalue weighted by Crippen LogP contribution is -2.47. The van der Waals surface area contributed by atoms with Crippen molar-refractivity contribution >= 4 is 50.5 Å². The van der Waals surface area contributed by atoms with Crippen LogP contribution in [-0.4, -0.2) is 33.7 Å². The molecule has 0 aromatic heterocycles. The predicted molar refractivity (Wildman–Crippen MR) is 109 cm³/mol. The fourth-order valence-corrected chi connectivity index (χ4v) is 4.23. The van der Waals surface area contributed by atoms with Crippen LogP contribution in [0.4, 0.5) is 11.4 Å². The maximum atomic E-state index is 12.9. The number of nitrogens with one attached hydrogen (secondary N) is 1. The molecule has 0 heterocycles. The van der Waals surface area contributed by atoms with Crippen LogP contribution in [0.5, 0.6) is 5.75 Å². The lowest BCUT2D eigenvalue weighted by molar-refractivity contribution is -0.117. The molecule has 2 aromatic carbocycles. The average molecular weight is 431 g/mol. The molecule has 1 amide bonds. The van der Waals surface area contributed by atoms with E-state index in [0.717, 1.165) is 10.6 Å². The van der Waals surface area contributed by atoms with Crippen molar-refractivity contribution < 1.29 is 17.9 Å². The molecule has 0 radical (unpaired) electrons. The van der Waals surface area contributed by atoms with Gasteiger partial charge in [0.25, 0.3) is 0 Å². The second kappa shape index (κ2) is 8.82. The smallest absolute Gasteiger partial charge is 0.248 e. The molecule has 1 N–H and O–H groups in total. The third-order valence-corrected chi connectivity index (χ3v) is 5.46. The summed E-state index contributed by atoms with van der Waals surface area (Å²) in [5, 5.41) is 3.48. The second-order valence-corrected chi connectivity index (χ2v) is 8.53. The van der Waals surface area contributed by atoms with Gasteiger partial charge in [-0.15, -0.1) is 0 Å². The van der Waals surface area contributed by atoms with Crippen molar-refractivity contribution in [1.82, 2.24) is 0 Å². The SMILES string of the molecule is CC[C@H](C(=O)Nc1cc(Cl)ccc1OC)N(c1cccc(Cl)c1)S(C)(=O)=O. The minimum Gasteiger partial charge on any atom is -0.495 e. The van der Waals surface area contributed by atoms with E-state index in [2.05, 4.69) is 5.32 Å². The number of sulfonamides is 1. The molecule has 0 unspecified atom stereocenters. The van der Waals surface area contributed by atoms with Gasteiger partial charge in [0, 0.05) is 10.0 Å². The molecule has 0 aliphatic carbocycles. The molecule has 146 valence electrons. The Bertz CT molecular complexity index is 935. The Labute approximate surface area is 169 Å². The first-order chi connectivity index (χ1) is 12.7. The first-order valence-electron chi connectivity index (χ1n) is 8.06. The monoisotopic (exact) mass is 430 g/mol. The van der Waals surface area contributed by atoms with Crippen LogP contribution in [0.3, 0.4) is 0 Å². The summed E-state index contributed by atoms with van der Waals surface area (Å²) >= 11 is 12.0. The fourth-order valence-electron chi connectivity index (χ4n) is 2.67. The molecule has 6 nitrogen and oxygen atoms in total. The van der Waals surface area contributed by atoms with E-state index in [1.807, 2.05) is 0 Å². The van der Waals surface area contributed by atoms with Crippen LogP contribution in [0.1, 0.15) is 13.3 Å². The van der Waals surface area contributed by atoms with Crippen molar-refractivity contribution in [3.63, 3.8) is 0 Å². The predicted octanol–water partition coefficient (Wildman–Crippen LogP) is 4.19. The number of nitrogens with zero attached hydrogens (tertiary/aromatic N) is 1. The first-order valence-corrected chi connectivity index (χ1v) is 10.7. The molecule has 1 atom stereocenters. The maximum Gasteiger partial charge on any atom is 0.248 e. The Morgan fingerprint density at radius 3 is 2.41 bits per heavy atom. The minimum absolute atomic E-state index is 0.244. The summed E-state index contributed by atoms with van der Waals surface area (Å²) < 4.78 is 31.2. The second-order valence-electron chi connectivity index (χ2n) is 5.80. The van der Waals surface area contributed by atoms with E-state index in [-0.39, 0.29) is 6.42 Å². The van der Waals surface area contributed by atoms with E-state index in [1.54, 1.807) is 37.3 Å². The van der Waals surface area contributed by atoms with E-state index >= 15 is 0 Å². The highest BCUT2D eigenvalue weighted by Crippen LogP contribution is 2.30. The van der Waals surface area contributed by atoms with Gasteiger partial charge in [0.05, 0.1) is 24.7 Å². The van der Waals surface area contributed by atoms with Crippen molar-refractivity contribution in [1.29, 1.82) is 0 Å². The van der Waals surface area contributed by atoms with Gasteiger partial charge in [0.2, 0.25) is 15.9 Å². The Balaban J connectivity index is 2.42. The lowest BCUT2D eigenvalue weighted by atomic mass is 10.1. The molecule has 0 aliphatic heterocycles. The molecular weight excluding hydrogens is 411 g/mol. The van der Waals surface area contributed by atoms with E-state index in [4.69, 9.17) is 27.9 Å². The van der Waals surface area contributed by atoms with Gasteiger partial charge in [-0.3, -0.25) is 9.10 Å². The third-order valence-electron chi connectivity index (χ3n) is 3.81. The standard InChI is InChI=1S/C18H20Cl2N2O4S/c1-4-16(18(23)21-15-11-13(20)8-9-17(15)26-2)22(27(3,24)25)14-7-5-6-12(19)10-14/h5-11,16H,4H2,1-3H3,(H,21,23)/t16-/m1/s1. The average Bonchev–Trinajstić information content (AvgIpc) is 2.58. The van der Waals surface area contributed by atoms with Gasteiger partial charge in [-0.1, -0.05) is 36.2 Å². The molecule has 2 rings (SSSR count). The topological polar surface area (TPSA) is 75.7 Å². The van der Waals surface area contributed by atoms with Crippen molar-refractivity contribution in [2.45, 2.75) is 19.4 Å². The number of methoxy groups -OCH3 is 1. The molecule has 9 heteroatoms. The number of amides is 1. The maximum absolute atomic E-state index is 12.9. The number of carbonyl (C=O) groups excluding carboxylic acids is 1. The molecule has 0 saturated heterocycles. The quantitative estimate of drug-likeness (QED) is 0.714. The highest BCUT2D eigenvalue weighted by atomic mass is 35.5. The van der Waals surface area contributed by atoms with Crippen LogP contribution in [-0.2, 0) is 14.8 Å². The summed E-state index contributed by atoms with van der Waals surface area (Å²) in [6.07, 6.45) is 1.29. The van der Waals surface area contributed by atoms with Gasteiger partial charge >= 0.3 is 0 Å². The van der Waals surface area contributed by atoms with Gasteiger partial charge in [-0.25, -0.2) is 8.42 Å². The number of benzene rings is 2. The van der Waals surface area contributed by atoms with E-state index in [1.165, 1.54) is 19.2 Å². The van der Waals surface area contributed by atoms with Crippen molar-refractivity contribution in [3.05, 3.63) is 52.5 Å². The summed E-state index contributed by atoms with van der Waals surface area (Å²) in [7, 11) is -2.29. The van der Waals surface area contributed by atoms with Crippen molar-refractivity contribution in [3.8, 4) is 5.75 Å². The van der Waals surface area contributed by atoms with Crippen molar-refractivity contribution in [2.75, 3.05) is 23.0 Å². The van der Waals surface area contributed by atoms with Crippen LogP contribution < -0.4 is 14.4 Å². The Morgan fingerprint density at radius 1 is 1.19 bits per heavy atom. The summed E-state index contributed by atoms with van der Waals surface area (Å²) in [6.45, 7) is 1.72. The number of ether oxygens (including phenoxy) is 1. The third kappa shape index (κ3) is 5.28. The summed E-state index contributed by atoms with van der Waals surface area (Å²) in [5.74, 6) is -0.0975. The van der Waals surface area contributed by atoms with E-state index < -0.39 is 22.0 Å². The van der Waals surface area contributed by atoms with Crippen LogP contribution in [0, 0.1) is 0 Å². The zero-order chi connectivity index (χ0) is 20.2. The Morgan fingerprint density at radius 2 is 1.85 bits per heavy atom.